The molecule has 0 saturated heterocycles. The Labute approximate surface area is 158 Å². The average Bonchev–Trinajstić information content (AvgIpc) is 2.99. The summed E-state index contributed by atoms with van der Waals surface area (Å²) in [5.41, 5.74) is 0. The quantitative estimate of drug-likeness (QED) is 0.522. The number of carbonyl (C=O) groups is 2. The van der Waals surface area contributed by atoms with Crippen molar-refractivity contribution in [3.8, 4) is 0 Å². The Morgan fingerprint density at radius 2 is 1.92 bits per heavy atom. The van der Waals surface area contributed by atoms with E-state index in [4.69, 9.17) is 27.9 Å². The highest BCUT2D eigenvalue weighted by Crippen LogP contribution is 2.21. The summed E-state index contributed by atoms with van der Waals surface area (Å²) in [4.78, 5) is 23.8. The molecule has 1 heterocycles. The van der Waals surface area contributed by atoms with Crippen LogP contribution in [0.5, 0.6) is 0 Å². The minimum Gasteiger partial charge on any atom is -0.457 e. The minimum absolute atomic E-state index is 0.00174. The van der Waals surface area contributed by atoms with Gasteiger partial charge in [0.1, 0.15) is 0 Å². The largest absolute Gasteiger partial charge is 0.457 e. The Bertz CT molecular complexity index is 880. The predicted octanol–water partition coefficient (Wildman–Crippen LogP) is 3.15. The van der Waals surface area contributed by atoms with Crippen LogP contribution < -0.4 is 4.72 Å². The zero-order chi connectivity index (χ0) is 18.4. The van der Waals surface area contributed by atoms with Crippen LogP contribution in [-0.2, 0) is 19.6 Å². The number of ether oxygens (including phenoxy) is 1. The number of halogens is 2. The summed E-state index contributed by atoms with van der Waals surface area (Å²) in [7, 11) is -3.77. The monoisotopic (exact) mass is 421 g/mol. The molecular formula is C15H13Cl2NO5S2. The zero-order valence-corrected chi connectivity index (χ0v) is 15.8. The van der Waals surface area contributed by atoms with E-state index in [1.54, 1.807) is 18.2 Å². The first-order valence-corrected chi connectivity index (χ1v) is 10.0. The van der Waals surface area contributed by atoms with Crippen molar-refractivity contribution in [2.24, 2.45) is 0 Å². The zero-order valence-electron chi connectivity index (χ0n) is 12.7. The highest BCUT2D eigenvalue weighted by molar-refractivity contribution is 7.89. The van der Waals surface area contributed by atoms with Crippen LogP contribution in [-0.4, -0.2) is 33.3 Å². The smallest absolute Gasteiger partial charge is 0.307 e. The molecule has 0 amide bonds. The van der Waals surface area contributed by atoms with Crippen LogP contribution in [0.2, 0.25) is 9.36 Å². The van der Waals surface area contributed by atoms with Gasteiger partial charge in [-0.15, -0.1) is 11.3 Å². The van der Waals surface area contributed by atoms with Gasteiger partial charge >= 0.3 is 5.97 Å². The molecule has 0 radical (unpaired) electrons. The first-order chi connectivity index (χ1) is 11.8. The van der Waals surface area contributed by atoms with Crippen LogP contribution in [0.4, 0.5) is 0 Å². The van der Waals surface area contributed by atoms with E-state index in [2.05, 4.69) is 4.72 Å². The van der Waals surface area contributed by atoms with E-state index in [0.717, 1.165) is 11.3 Å². The van der Waals surface area contributed by atoms with Gasteiger partial charge in [0.2, 0.25) is 15.8 Å². The van der Waals surface area contributed by atoms with Gasteiger partial charge in [-0.05, 0) is 30.3 Å². The highest BCUT2D eigenvalue weighted by atomic mass is 35.5. The molecule has 1 aromatic carbocycles. The molecule has 2 aromatic rings. The van der Waals surface area contributed by atoms with Crippen LogP contribution >= 0.6 is 34.5 Å². The van der Waals surface area contributed by atoms with Gasteiger partial charge in [-0.2, -0.15) is 0 Å². The summed E-state index contributed by atoms with van der Waals surface area (Å²) in [5.74, 6) is -1.06. The van der Waals surface area contributed by atoms with Crippen molar-refractivity contribution in [3.05, 3.63) is 50.6 Å². The van der Waals surface area contributed by atoms with Gasteiger partial charge in [-0.25, -0.2) is 13.1 Å². The second-order valence-electron chi connectivity index (χ2n) is 4.79. The van der Waals surface area contributed by atoms with Crippen LogP contribution in [0.15, 0.2) is 41.3 Å². The van der Waals surface area contributed by atoms with E-state index in [1.807, 2.05) is 0 Å². The van der Waals surface area contributed by atoms with E-state index >= 15 is 0 Å². The van der Waals surface area contributed by atoms with Gasteiger partial charge in [0.25, 0.3) is 0 Å². The lowest BCUT2D eigenvalue weighted by Gasteiger charge is -2.07. The maximum absolute atomic E-state index is 12.0. The van der Waals surface area contributed by atoms with Gasteiger partial charge in [0.15, 0.2) is 6.61 Å². The molecule has 0 unspecified atom stereocenters. The highest BCUT2D eigenvalue weighted by Gasteiger charge is 2.16. The number of Topliss-reactive ketones (excluding diaryl/α,β-unsaturated/α-hetero) is 1. The third-order valence-electron chi connectivity index (χ3n) is 2.94. The van der Waals surface area contributed by atoms with E-state index in [1.165, 1.54) is 18.2 Å². The van der Waals surface area contributed by atoms with Gasteiger partial charge in [0, 0.05) is 11.6 Å². The van der Waals surface area contributed by atoms with Gasteiger partial charge in [-0.3, -0.25) is 9.59 Å². The van der Waals surface area contributed by atoms with E-state index in [-0.39, 0.29) is 28.7 Å². The molecule has 10 heteroatoms. The van der Waals surface area contributed by atoms with Crippen molar-refractivity contribution in [3.63, 3.8) is 0 Å². The Kier molecular flexibility index (Phi) is 6.97. The molecule has 6 nitrogen and oxygen atoms in total. The fourth-order valence-electron chi connectivity index (χ4n) is 1.76. The minimum atomic E-state index is -3.77. The number of benzene rings is 1. The molecule has 0 aliphatic carbocycles. The normalized spacial score (nSPS) is 11.3. The number of esters is 1. The number of carbonyl (C=O) groups excluding carboxylic acids is 2. The third kappa shape index (κ3) is 6.09. The van der Waals surface area contributed by atoms with Crippen molar-refractivity contribution in [2.75, 3.05) is 13.2 Å². The Hall–Kier alpha value is -1.45. The summed E-state index contributed by atoms with van der Waals surface area (Å²) >= 11 is 12.6. The second-order valence-corrected chi connectivity index (χ2v) is 8.71. The van der Waals surface area contributed by atoms with E-state index in [0.29, 0.717) is 9.21 Å². The first-order valence-electron chi connectivity index (χ1n) is 6.97. The molecule has 1 aromatic heterocycles. The number of nitrogens with one attached hydrogen (secondary N) is 1. The predicted molar refractivity (Wildman–Crippen MR) is 95.9 cm³/mol. The third-order valence-corrected chi connectivity index (χ3v) is 5.91. The lowest BCUT2D eigenvalue weighted by molar-refractivity contribution is -0.142. The lowest BCUT2D eigenvalue weighted by atomic mass is 10.3. The van der Waals surface area contributed by atoms with Gasteiger partial charge < -0.3 is 4.74 Å². The molecule has 2 rings (SSSR count). The molecule has 0 bridgehead atoms. The van der Waals surface area contributed by atoms with Gasteiger partial charge in [0.05, 0.1) is 20.5 Å². The number of hydrogen-bond acceptors (Lipinski definition) is 6. The SMILES string of the molecule is O=C(CCNS(=O)(=O)c1cccc(Cl)c1)OCC(=O)c1ccc(Cl)s1. The van der Waals surface area contributed by atoms with Crippen LogP contribution in [0, 0.1) is 0 Å². The molecule has 0 atom stereocenters. The van der Waals surface area contributed by atoms with Crippen LogP contribution in [0.1, 0.15) is 16.1 Å². The van der Waals surface area contributed by atoms with Crippen LogP contribution in [0.25, 0.3) is 0 Å². The molecule has 0 aliphatic rings. The van der Waals surface area contributed by atoms with Crippen molar-refractivity contribution < 1.29 is 22.7 Å². The molecule has 134 valence electrons. The van der Waals surface area contributed by atoms with E-state index < -0.39 is 22.6 Å². The first kappa shape index (κ1) is 19.9. The van der Waals surface area contributed by atoms with Crippen LogP contribution in [0.3, 0.4) is 0 Å². The van der Waals surface area contributed by atoms with Crippen molar-refractivity contribution in [1.29, 1.82) is 0 Å². The average molecular weight is 422 g/mol. The fourth-order valence-corrected chi connectivity index (χ4v) is 4.06. The Balaban J connectivity index is 1.77. The molecule has 0 spiro atoms. The maximum Gasteiger partial charge on any atom is 0.307 e. The van der Waals surface area contributed by atoms with Crippen molar-refractivity contribution in [1.82, 2.24) is 4.72 Å². The number of thiophene rings is 1. The van der Waals surface area contributed by atoms with E-state index in [9.17, 15) is 18.0 Å². The molecular weight excluding hydrogens is 409 g/mol. The van der Waals surface area contributed by atoms with Crippen molar-refractivity contribution in [2.45, 2.75) is 11.3 Å². The Morgan fingerprint density at radius 1 is 1.16 bits per heavy atom. The fraction of sp³-hybridized carbons (Fsp3) is 0.200. The molecule has 25 heavy (non-hydrogen) atoms. The molecule has 0 fully saturated rings. The second kappa shape index (κ2) is 8.77. The summed E-state index contributed by atoms with van der Waals surface area (Å²) in [6, 6.07) is 8.86. The summed E-state index contributed by atoms with van der Waals surface area (Å²) in [6.45, 7) is -0.580. The number of ketones is 1. The van der Waals surface area contributed by atoms with Crippen molar-refractivity contribution >= 4 is 56.3 Å². The number of hydrogen-bond donors (Lipinski definition) is 1. The Morgan fingerprint density at radius 3 is 2.56 bits per heavy atom. The number of rotatable bonds is 8. The number of sulfonamides is 1. The lowest BCUT2D eigenvalue weighted by Crippen LogP contribution is -2.27. The summed E-state index contributed by atoms with van der Waals surface area (Å²) in [6.07, 6.45) is -0.210. The molecule has 0 aliphatic heterocycles. The molecule has 0 saturated carbocycles. The topological polar surface area (TPSA) is 89.5 Å². The van der Waals surface area contributed by atoms with Gasteiger partial charge in [-0.1, -0.05) is 29.3 Å². The standard InChI is InChI=1S/C15H13Cl2NO5S2/c16-10-2-1-3-11(8-10)25(21,22)18-7-6-15(20)23-9-12(19)13-4-5-14(17)24-13/h1-5,8,18H,6-7,9H2. The summed E-state index contributed by atoms with van der Waals surface area (Å²) < 4.78 is 31.6. The maximum atomic E-state index is 12.0. The summed E-state index contributed by atoms with van der Waals surface area (Å²) in [5, 5.41) is 0.287. The molecule has 1 N–H and O–H groups in total.